The van der Waals surface area contributed by atoms with Crippen molar-refractivity contribution in [3.63, 3.8) is 0 Å². The SMILES string of the molecule is CCC(=O)[C@H]1C2CCC(CN2)C[C@@H]1c1ccc(C)cc1. The Balaban J connectivity index is 1.96. The highest BCUT2D eigenvalue weighted by Gasteiger charge is 2.41. The summed E-state index contributed by atoms with van der Waals surface area (Å²) in [6.07, 6.45) is 4.29. The van der Waals surface area contributed by atoms with Gasteiger partial charge in [0, 0.05) is 18.4 Å². The second-order valence-electron chi connectivity index (χ2n) is 6.56. The molecule has 4 atom stereocenters. The molecule has 1 aliphatic carbocycles. The summed E-state index contributed by atoms with van der Waals surface area (Å²) >= 11 is 0. The molecular weight excluding hydrogens is 246 g/mol. The van der Waals surface area contributed by atoms with E-state index >= 15 is 0 Å². The van der Waals surface area contributed by atoms with Crippen LogP contribution in [0.5, 0.6) is 0 Å². The molecule has 3 aliphatic rings. The van der Waals surface area contributed by atoms with Gasteiger partial charge in [0.25, 0.3) is 0 Å². The van der Waals surface area contributed by atoms with Gasteiger partial charge in [-0.1, -0.05) is 36.8 Å². The quantitative estimate of drug-likeness (QED) is 0.912. The molecule has 0 aromatic heterocycles. The van der Waals surface area contributed by atoms with Crippen molar-refractivity contribution in [3.05, 3.63) is 35.4 Å². The number of carbonyl (C=O) groups is 1. The molecule has 1 N–H and O–H groups in total. The second-order valence-corrected chi connectivity index (χ2v) is 6.56. The first-order valence-electron chi connectivity index (χ1n) is 8.01. The first-order chi connectivity index (χ1) is 9.69. The predicted molar refractivity (Wildman–Crippen MR) is 81.8 cm³/mol. The Morgan fingerprint density at radius 3 is 2.60 bits per heavy atom. The Bertz CT molecular complexity index is 471. The number of carbonyl (C=O) groups excluding carboxylic acids is 1. The van der Waals surface area contributed by atoms with Crippen molar-refractivity contribution in [2.75, 3.05) is 6.54 Å². The molecule has 2 aliphatic heterocycles. The summed E-state index contributed by atoms with van der Waals surface area (Å²) in [5.74, 6) is 1.77. The molecule has 3 fully saturated rings. The average Bonchev–Trinajstić information content (AvgIpc) is 2.77. The molecule has 2 unspecified atom stereocenters. The van der Waals surface area contributed by atoms with Crippen LogP contribution in [-0.4, -0.2) is 18.4 Å². The maximum absolute atomic E-state index is 12.5. The van der Waals surface area contributed by atoms with E-state index < -0.39 is 0 Å². The molecule has 0 radical (unpaired) electrons. The van der Waals surface area contributed by atoms with Crippen molar-refractivity contribution < 1.29 is 4.79 Å². The zero-order valence-corrected chi connectivity index (χ0v) is 12.6. The van der Waals surface area contributed by atoms with Crippen LogP contribution in [0, 0.1) is 18.8 Å². The number of Topliss-reactive ketones (excluding diaryl/α,β-unsaturated/α-hetero) is 1. The first kappa shape index (κ1) is 13.8. The van der Waals surface area contributed by atoms with Crippen molar-refractivity contribution in [1.29, 1.82) is 0 Å². The molecule has 1 aromatic carbocycles. The minimum Gasteiger partial charge on any atom is -0.313 e. The third-order valence-corrected chi connectivity index (χ3v) is 5.23. The maximum Gasteiger partial charge on any atom is 0.137 e. The van der Waals surface area contributed by atoms with Crippen LogP contribution < -0.4 is 5.32 Å². The normalized spacial score (nSPS) is 32.9. The van der Waals surface area contributed by atoms with E-state index in [2.05, 4.69) is 36.5 Å². The molecule has 1 saturated carbocycles. The summed E-state index contributed by atoms with van der Waals surface area (Å²) in [7, 11) is 0. The van der Waals surface area contributed by atoms with Gasteiger partial charge in [0.05, 0.1) is 0 Å². The van der Waals surface area contributed by atoms with Crippen molar-refractivity contribution in [1.82, 2.24) is 5.32 Å². The van der Waals surface area contributed by atoms with E-state index in [9.17, 15) is 4.79 Å². The van der Waals surface area contributed by atoms with Gasteiger partial charge in [-0.3, -0.25) is 4.79 Å². The molecule has 0 spiro atoms. The van der Waals surface area contributed by atoms with E-state index in [4.69, 9.17) is 0 Å². The lowest BCUT2D eigenvalue weighted by molar-refractivity contribution is -0.124. The Morgan fingerprint density at radius 2 is 2.00 bits per heavy atom. The number of fused-ring (bicyclic) bond motifs is 4. The summed E-state index contributed by atoms with van der Waals surface area (Å²) in [5.41, 5.74) is 2.66. The summed E-state index contributed by atoms with van der Waals surface area (Å²) in [5, 5.41) is 3.64. The van der Waals surface area contributed by atoms with Gasteiger partial charge in [-0.2, -0.15) is 0 Å². The van der Waals surface area contributed by atoms with E-state index in [1.165, 1.54) is 30.4 Å². The summed E-state index contributed by atoms with van der Waals surface area (Å²) in [6.45, 7) is 5.23. The van der Waals surface area contributed by atoms with Crippen LogP contribution >= 0.6 is 0 Å². The number of benzene rings is 1. The highest BCUT2D eigenvalue weighted by atomic mass is 16.1. The molecule has 20 heavy (non-hydrogen) atoms. The van der Waals surface area contributed by atoms with Crippen molar-refractivity contribution in [2.24, 2.45) is 11.8 Å². The standard InChI is InChI=1S/C18H25NO/c1-3-17(20)18-15(14-7-4-12(2)5-8-14)10-13-6-9-16(18)19-11-13/h4-5,7-8,13,15-16,18-19H,3,6,9-11H2,1-2H3/t13?,15-,16?,18-/m1/s1. The smallest absolute Gasteiger partial charge is 0.137 e. The molecule has 2 heteroatoms. The lowest BCUT2D eigenvalue weighted by Crippen LogP contribution is -2.43. The van der Waals surface area contributed by atoms with Crippen LogP contribution in [0.15, 0.2) is 24.3 Å². The van der Waals surface area contributed by atoms with Gasteiger partial charge < -0.3 is 5.32 Å². The molecule has 2 bridgehead atoms. The fourth-order valence-electron chi connectivity index (χ4n) is 4.07. The minimum atomic E-state index is 0.176. The second kappa shape index (κ2) is 5.69. The molecular formula is C18H25NO. The average molecular weight is 271 g/mol. The Kier molecular flexibility index (Phi) is 3.93. The zero-order chi connectivity index (χ0) is 14.1. The van der Waals surface area contributed by atoms with Crippen molar-refractivity contribution in [3.8, 4) is 0 Å². The van der Waals surface area contributed by atoms with E-state index in [1.54, 1.807) is 0 Å². The summed E-state index contributed by atoms with van der Waals surface area (Å²) in [6, 6.07) is 9.24. The topological polar surface area (TPSA) is 29.1 Å². The number of piperidine rings is 1. The number of aryl methyl sites for hydroxylation is 1. The van der Waals surface area contributed by atoms with Gasteiger partial charge in [0.1, 0.15) is 5.78 Å². The van der Waals surface area contributed by atoms with Gasteiger partial charge in [-0.15, -0.1) is 0 Å². The van der Waals surface area contributed by atoms with E-state index in [1.807, 2.05) is 6.92 Å². The summed E-state index contributed by atoms with van der Waals surface area (Å²) < 4.78 is 0. The van der Waals surface area contributed by atoms with E-state index in [0.29, 0.717) is 24.2 Å². The number of hydrogen-bond acceptors (Lipinski definition) is 2. The molecule has 1 aromatic rings. The van der Waals surface area contributed by atoms with Crippen molar-refractivity contribution >= 4 is 5.78 Å². The highest BCUT2D eigenvalue weighted by Crippen LogP contribution is 2.42. The van der Waals surface area contributed by atoms with Gasteiger partial charge >= 0.3 is 0 Å². The molecule has 2 nitrogen and oxygen atoms in total. The lowest BCUT2D eigenvalue weighted by Gasteiger charge is -2.30. The minimum absolute atomic E-state index is 0.176. The Labute approximate surface area is 122 Å². The van der Waals surface area contributed by atoms with Gasteiger partial charge in [0.15, 0.2) is 0 Å². The lowest BCUT2D eigenvalue weighted by atomic mass is 9.77. The van der Waals surface area contributed by atoms with E-state index in [-0.39, 0.29) is 5.92 Å². The zero-order valence-electron chi connectivity index (χ0n) is 12.6. The largest absolute Gasteiger partial charge is 0.313 e. The number of rotatable bonds is 3. The van der Waals surface area contributed by atoms with Gasteiger partial charge in [-0.05, 0) is 50.1 Å². The molecule has 2 heterocycles. The third kappa shape index (κ3) is 2.54. The van der Waals surface area contributed by atoms with Crippen LogP contribution in [0.1, 0.15) is 49.7 Å². The maximum atomic E-state index is 12.5. The fraction of sp³-hybridized carbons (Fsp3) is 0.611. The molecule has 4 rings (SSSR count). The predicted octanol–water partition coefficient (Wildman–Crippen LogP) is 3.45. The fourth-order valence-corrected chi connectivity index (χ4v) is 4.07. The van der Waals surface area contributed by atoms with Crippen LogP contribution in [0.25, 0.3) is 0 Å². The van der Waals surface area contributed by atoms with Crippen LogP contribution in [0.2, 0.25) is 0 Å². The van der Waals surface area contributed by atoms with Crippen LogP contribution in [0.3, 0.4) is 0 Å². The molecule has 2 saturated heterocycles. The van der Waals surface area contributed by atoms with E-state index in [0.717, 1.165) is 12.5 Å². The summed E-state index contributed by atoms with van der Waals surface area (Å²) in [4.78, 5) is 12.5. The van der Waals surface area contributed by atoms with Crippen molar-refractivity contribution in [2.45, 2.75) is 51.5 Å². The Morgan fingerprint density at radius 1 is 1.25 bits per heavy atom. The number of nitrogens with one attached hydrogen (secondary N) is 1. The monoisotopic (exact) mass is 271 g/mol. The van der Waals surface area contributed by atoms with Crippen LogP contribution in [-0.2, 0) is 4.79 Å². The van der Waals surface area contributed by atoms with Crippen LogP contribution in [0.4, 0.5) is 0 Å². The Hall–Kier alpha value is -1.15. The number of hydrogen-bond donors (Lipinski definition) is 1. The third-order valence-electron chi connectivity index (χ3n) is 5.23. The molecule has 108 valence electrons. The molecule has 0 amide bonds. The van der Waals surface area contributed by atoms with Gasteiger partial charge in [-0.25, -0.2) is 0 Å². The van der Waals surface area contributed by atoms with Gasteiger partial charge in [0.2, 0.25) is 0 Å². The first-order valence-corrected chi connectivity index (χ1v) is 8.01. The number of ketones is 1. The highest BCUT2D eigenvalue weighted by molar-refractivity contribution is 5.82.